The third-order valence-electron chi connectivity index (χ3n) is 4.36. The molecule has 0 bridgehead atoms. The van der Waals surface area contributed by atoms with Crippen LogP contribution in [0.4, 0.5) is 5.82 Å². The van der Waals surface area contributed by atoms with Crippen molar-refractivity contribution in [2.75, 3.05) is 18.4 Å². The summed E-state index contributed by atoms with van der Waals surface area (Å²) < 4.78 is 0. The van der Waals surface area contributed by atoms with Gasteiger partial charge >= 0.3 is 0 Å². The van der Waals surface area contributed by atoms with Crippen LogP contribution in [-0.4, -0.2) is 24.0 Å². The Balaban J connectivity index is 2.01. The van der Waals surface area contributed by atoms with Crippen molar-refractivity contribution in [3.05, 3.63) is 23.4 Å². The maximum atomic E-state index is 12.3. The van der Waals surface area contributed by atoms with Gasteiger partial charge in [-0.3, -0.25) is 4.79 Å². The number of hydrogen-bond donors (Lipinski definition) is 2. The first-order chi connectivity index (χ1) is 9.58. The molecule has 1 aliphatic rings. The molecule has 0 aliphatic heterocycles. The Morgan fingerprint density at radius 2 is 2.10 bits per heavy atom. The van der Waals surface area contributed by atoms with Crippen LogP contribution >= 0.6 is 0 Å². The van der Waals surface area contributed by atoms with Crippen LogP contribution in [0.2, 0.25) is 0 Å². The van der Waals surface area contributed by atoms with E-state index in [-0.39, 0.29) is 5.91 Å². The highest BCUT2D eigenvalue weighted by Crippen LogP contribution is 2.43. The first-order valence-electron chi connectivity index (χ1n) is 7.59. The molecule has 20 heavy (non-hydrogen) atoms. The highest BCUT2D eigenvalue weighted by atomic mass is 16.1. The van der Waals surface area contributed by atoms with Crippen molar-refractivity contribution in [3.63, 3.8) is 0 Å². The van der Waals surface area contributed by atoms with E-state index in [2.05, 4.69) is 22.5 Å². The molecule has 0 unspecified atom stereocenters. The Kier molecular flexibility index (Phi) is 4.63. The molecule has 4 nitrogen and oxygen atoms in total. The van der Waals surface area contributed by atoms with E-state index in [1.807, 2.05) is 26.0 Å². The number of carbonyl (C=O) groups excluding carboxylic acids is 1. The number of aromatic nitrogens is 1. The molecule has 0 radical (unpaired) electrons. The molecule has 1 aromatic rings. The zero-order valence-electron chi connectivity index (χ0n) is 12.8. The van der Waals surface area contributed by atoms with Crippen LogP contribution in [0, 0.1) is 12.3 Å². The molecule has 1 aliphatic carbocycles. The molecule has 1 heterocycles. The molecule has 1 saturated carbocycles. The number of aryl methyl sites for hydroxylation is 1. The number of anilines is 1. The van der Waals surface area contributed by atoms with Crippen LogP contribution < -0.4 is 10.6 Å². The van der Waals surface area contributed by atoms with Crippen molar-refractivity contribution in [1.82, 2.24) is 10.3 Å². The summed E-state index contributed by atoms with van der Waals surface area (Å²) in [5.41, 5.74) is 1.91. The minimum atomic E-state index is 0.00868. The van der Waals surface area contributed by atoms with Gasteiger partial charge in [0.25, 0.3) is 5.91 Å². The van der Waals surface area contributed by atoms with Gasteiger partial charge in [-0.2, -0.15) is 0 Å². The van der Waals surface area contributed by atoms with Crippen molar-refractivity contribution in [2.45, 2.75) is 46.5 Å². The van der Waals surface area contributed by atoms with E-state index in [0.717, 1.165) is 31.0 Å². The van der Waals surface area contributed by atoms with Gasteiger partial charge in [0, 0.05) is 24.3 Å². The zero-order chi connectivity index (χ0) is 14.6. The van der Waals surface area contributed by atoms with Gasteiger partial charge in [0.05, 0.1) is 0 Å². The van der Waals surface area contributed by atoms with E-state index in [0.29, 0.717) is 11.0 Å². The average Bonchev–Trinajstić information content (AvgIpc) is 2.37. The highest BCUT2D eigenvalue weighted by molar-refractivity contribution is 5.95. The van der Waals surface area contributed by atoms with E-state index >= 15 is 0 Å². The molecule has 2 N–H and O–H groups in total. The van der Waals surface area contributed by atoms with Gasteiger partial charge in [-0.05, 0) is 50.7 Å². The Morgan fingerprint density at radius 3 is 2.65 bits per heavy atom. The summed E-state index contributed by atoms with van der Waals surface area (Å²) in [4.78, 5) is 16.7. The fourth-order valence-electron chi connectivity index (χ4n) is 2.77. The van der Waals surface area contributed by atoms with Gasteiger partial charge in [0.1, 0.15) is 5.82 Å². The van der Waals surface area contributed by atoms with Gasteiger partial charge in [0.15, 0.2) is 0 Å². The zero-order valence-corrected chi connectivity index (χ0v) is 12.8. The third kappa shape index (κ3) is 3.30. The summed E-state index contributed by atoms with van der Waals surface area (Å²) in [5.74, 6) is 0.779. The summed E-state index contributed by atoms with van der Waals surface area (Å²) in [7, 11) is 0. The number of pyridine rings is 1. The van der Waals surface area contributed by atoms with Crippen LogP contribution in [0.1, 0.15) is 55.6 Å². The van der Waals surface area contributed by atoms with E-state index in [9.17, 15) is 4.79 Å². The van der Waals surface area contributed by atoms with Crippen molar-refractivity contribution in [3.8, 4) is 0 Å². The first kappa shape index (κ1) is 14.8. The molecule has 1 amide bonds. The number of nitrogens with zero attached hydrogens (tertiary/aromatic N) is 1. The Hall–Kier alpha value is -1.58. The lowest BCUT2D eigenvalue weighted by molar-refractivity contribution is 0.0850. The number of hydrogen-bond acceptors (Lipinski definition) is 3. The number of carbonyl (C=O) groups is 1. The highest BCUT2D eigenvalue weighted by Gasteiger charge is 2.35. The van der Waals surface area contributed by atoms with Gasteiger partial charge in [-0.1, -0.05) is 13.3 Å². The number of rotatable bonds is 6. The second-order valence-electron chi connectivity index (χ2n) is 5.80. The lowest BCUT2D eigenvalue weighted by atomic mass is 9.67. The predicted octanol–water partition coefficient (Wildman–Crippen LogP) is 3.13. The standard InChI is InChI=1S/C16H25N3O/c1-4-16(7-6-8-16)11-18-15(20)13-9-12(3)19-14(10-13)17-5-2/h9-10H,4-8,11H2,1-3H3,(H,17,19)(H,18,20). The molecule has 0 saturated heterocycles. The summed E-state index contributed by atoms with van der Waals surface area (Å²) in [6.45, 7) is 7.74. The van der Waals surface area contributed by atoms with Crippen LogP contribution in [0.15, 0.2) is 12.1 Å². The topological polar surface area (TPSA) is 54.0 Å². The second kappa shape index (κ2) is 6.25. The summed E-state index contributed by atoms with van der Waals surface area (Å²) in [5, 5.41) is 6.25. The maximum absolute atomic E-state index is 12.3. The first-order valence-corrected chi connectivity index (χ1v) is 7.59. The lowest BCUT2D eigenvalue weighted by Crippen LogP contribution is -2.41. The van der Waals surface area contributed by atoms with Crippen molar-refractivity contribution in [2.24, 2.45) is 5.41 Å². The van der Waals surface area contributed by atoms with E-state index in [4.69, 9.17) is 0 Å². The van der Waals surface area contributed by atoms with Gasteiger partial charge in [-0.15, -0.1) is 0 Å². The molecule has 1 aromatic heterocycles. The molecule has 1 fully saturated rings. The maximum Gasteiger partial charge on any atom is 0.251 e. The van der Waals surface area contributed by atoms with Crippen molar-refractivity contribution in [1.29, 1.82) is 0 Å². The molecule has 2 rings (SSSR count). The molecule has 4 heteroatoms. The normalized spacial score (nSPS) is 16.4. The average molecular weight is 275 g/mol. The minimum Gasteiger partial charge on any atom is -0.370 e. The summed E-state index contributed by atoms with van der Waals surface area (Å²) >= 11 is 0. The van der Waals surface area contributed by atoms with Crippen molar-refractivity contribution < 1.29 is 4.79 Å². The van der Waals surface area contributed by atoms with Gasteiger partial charge < -0.3 is 10.6 Å². The quantitative estimate of drug-likeness (QED) is 0.838. The Bertz CT molecular complexity index is 475. The van der Waals surface area contributed by atoms with Gasteiger partial charge in [0.2, 0.25) is 0 Å². The second-order valence-corrected chi connectivity index (χ2v) is 5.80. The van der Waals surface area contributed by atoms with Crippen molar-refractivity contribution >= 4 is 11.7 Å². The SMILES string of the molecule is CCNc1cc(C(=O)NCC2(CC)CCC2)cc(C)n1. The fourth-order valence-corrected chi connectivity index (χ4v) is 2.77. The fraction of sp³-hybridized carbons (Fsp3) is 0.625. The van der Waals surface area contributed by atoms with E-state index < -0.39 is 0 Å². The summed E-state index contributed by atoms with van der Waals surface area (Å²) in [6, 6.07) is 3.67. The lowest BCUT2D eigenvalue weighted by Gasteiger charge is -2.41. The molecule has 0 spiro atoms. The molecular weight excluding hydrogens is 250 g/mol. The largest absolute Gasteiger partial charge is 0.370 e. The minimum absolute atomic E-state index is 0.00868. The van der Waals surface area contributed by atoms with Gasteiger partial charge in [-0.25, -0.2) is 4.98 Å². The Morgan fingerprint density at radius 1 is 1.35 bits per heavy atom. The van der Waals surface area contributed by atoms with Crippen LogP contribution in [-0.2, 0) is 0 Å². The van der Waals surface area contributed by atoms with E-state index in [1.54, 1.807) is 0 Å². The van der Waals surface area contributed by atoms with Crippen LogP contribution in [0.5, 0.6) is 0 Å². The molecule has 110 valence electrons. The molecular formula is C16H25N3O. The van der Waals surface area contributed by atoms with Crippen LogP contribution in [0.25, 0.3) is 0 Å². The smallest absolute Gasteiger partial charge is 0.251 e. The Labute approximate surface area is 121 Å². The summed E-state index contributed by atoms with van der Waals surface area (Å²) in [6.07, 6.45) is 4.91. The van der Waals surface area contributed by atoms with Crippen LogP contribution in [0.3, 0.4) is 0 Å². The third-order valence-corrected chi connectivity index (χ3v) is 4.36. The monoisotopic (exact) mass is 275 g/mol. The number of nitrogens with one attached hydrogen (secondary N) is 2. The number of amides is 1. The van der Waals surface area contributed by atoms with E-state index in [1.165, 1.54) is 19.3 Å². The molecule has 0 aromatic carbocycles. The predicted molar refractivity (Wildman–Crippen MR) is 82.0 cm³/mol. The molecule has 0 atom stereocenters.